The SMILES string of the molecule is CC(=O)c1ccc(NC(=O)COC(=O)c2cccnc2SC(F)F)cc1. The standard InChI is InChI=1S/C17H14F2N2O4S/c1-10(22)11-4-6-12(7-5-11)21-14(23)9-25-16(24)13-3-2-8-20-15(13)26-17(18)19/h2-8,17H,9H2,1H3,(H,21,23). The molecular weight excluding hydrogens is 366 g/mol. The van der Waals surface area contributed by atoms with Crippen LogP contribution in [0.1, 0.15) is 27.6 Å². The number of nitrogens with zero attached hydrogens (tertiary/aromatic N) is 1. The molecule has 0 fully saturated rings. The van der Waals surface area contributed by atoms with Gasteiger partial charge < -0.3 is 10.1 Å². The molecule has 0 spiro atoms. The van der Waals surface area contributed by atoms with Crippen LogP contribution in [0.3, 0.4) is 0 Å². The van der Waals surface area contributed by atoms with Gasteiger partial charge in [0.1, 0.15) is 5.03 Å². The van der Waals surface area contributed by atoms with E-state index in [0.29, 0.717) is 11.3 Å². The first-order valence-corrected chi connectivity index (χ1v) is 8.22. The summed E-state index contributed by atoms with van der Waals surface area (Å²) in [6.45, 7) is 0.826. The topological polar surface area (TPSA) is 85.4 Å². The van der Waals surface area contributed by atoms with Crippen LogP contribution in [-0.2, 0) is 9.53 Å². The Labute approximate surface area is 151 Å². The van der Waals surface area contributed by atoms with Gasteiger partial charge in [-0.15, -0.1) is 0 Å². The van der Waals surface area contributed by atoms with E-state index in [1.165, 1.54) is 37.4 Å². The summed E-state index contributed by atoms with van der Waals surface area (Å²) in [7, 11) is 0. The summed E-state index contributed by atoms with van der Waals surface area (Å²) in [6.07, 6.45) is 1.28. The predicted octanol–water partition coefficient (Wildman–Crippen LogP) is 3.39. The van der Waals surface area contributed by atoms with Gasteiger partial charge >= 0.3 is 5.97 Å². The number of carbonyl (C=O) groups is 3. The molecule has 0 bridgehead atoms. The Bertz CT molecular complexity index is 813. The van der Waals surface area contributed by atoms with Gasteiger partial charge in [-0.25, -0.2) is 9.78 Å². The highest BCUT2D eigenvalue weighted by Crippen LogP contribution is 2.26. The van der Waals surface area contributed by atoms with Crippen LogP contribution in [0.5, 0.6) is 0 Å². The first-order chi connectivity index (χ1) is 12.4. The van der Waals surface area contributed by atoms with E-state index < -0.39 is 24.2 Å². The first kappa shape index (κ1) is 19.5. The number of alkyl halides is 2. The van der Waals surface area contributed by atoms with Crippen molar-refractivity contribution >= 4 is 35.1 Å². The van der Waals surface area contributed by atoms with Crippen LogP contribution >= 0.6 is 11.8 Å². The number of amides is 1. The quantitative estimate of drug-likeness (QED) is 0.450. The third kappa shape index (κ3) is 5.62. The van der Waals surface area contributed by atoms with Crippen molar-refractivity contribution in [2.24, 2.45) is 0 Å². The number of ketones is 1. The lowest BCUT2D eigenvalue weighted by Gasteiger charge is -2.09. The molecule has 0 aliphatic heterocycles. The molecule has 0 radical (unpaired) electrons. The minimum atomic E-state index is -2.74. The highest BCUT2D eigenvalue weighted by atomic mass is 32.2. The smallest absolute Gasteiger partial charge is 0.341 e. The van der Waals surface area contributed by atoms with Crippen LogP contribution in [0.15, 0.2) is 47.6 Å². The normalized spacial score (nSPS) is 10.5. The summed E-state index contributed by atoms with van der Waals surface area (Å²) in [4.78, 5) is 38.7. The molecule has 6 nitrogen and oxygen atoms in total. The molecule has 1 N–H and O–H groups in total. The Morgan fingerprint density at radius 2 is 1.88 bits per heavy atom. The van der Waals surface area contributed by atoms with E-state index >= 15 is 0 Å². The Balaban J connectivity index is 1.93. The molecule has 1 amide bonds. The fourth-order valence-corrected chi connectivity index (χ4v) is 2.49. The molecule has 1 aromatic carbocycles. The molecule has 136 valence electrons. The van der Waals surface area contributed by atoms with E-state index in [9.17, 15) is 23.2 Å². The fraction of sp³-hybridized carbons (Fsp3) is 0.176. The summed E-state index contributed by atoms with van der Waals surface area (Å²) >= 11 is 0.121. The number of aromatic nitrogens is 1. The molecule has 0 aliphatic rings. The molecule has 0 atom stereocenters. The Morgan fingerprint density at radius 1 is 1.19 bits per heavy atom. The molecule has 1 heterocycles. The molecule has 0 unspecified atom stereocenters. The number of ether oxygens (including phenoxy) is 1. The summed E-state index contributed by atoms with van der Waals surface area (Å²) in [5.74, 6) is -4.38. The second-order valence-electron chi connectivity index (χ2n) is 4.99. The lowest BCUT2D eigenvalue weighted by atomic mass is 10.1. The van der Waals surface area contributed by atoms with Crippen molar-refractivity contribution in [2.75, 3.05) is 11.9 Å². The summed E-state index contributed by atoms with van der Waals surface area (Å²) < 4.78 is 29.8. The number of anilines is 1. The van der Waals surface area contributed by atoms with Crippen molar-refractivity contribution in [1.82, 2.24) is 4.98 Å². The van der Waals surface area contributed by atoms with Gasteiger partial charge in [-0.1, -0.05) is 0 Å². The third-order valence-corrected chi connectivity index (χ3v) is 3.83. The van der Waals surface area contributed by atoms with Crippen LogP contribution < -0.4 is 5.32 Å². The second kappa shape index (κ2) is 9.04. The van der Waals surface area contributed by atoms with Gasteiger partial charge in [0.05, 0.1) is 5.56 Å². The van der Waals surface area contributed by atoms with Crippen molar-refractivity contribution in [2.45, 2.75) is 17.7 Å². The number of rotatable bonds is 7. The Hall–Kier alpha value is -2.81. The summed E-state index contributed by atoms with van der Waals surface area (Å²) in [5, 5.41) is 2.32. The number of carbonyl (C=O) groups excluding carboxylic acids is 3. The highest BCUT2D eigenvalue weighted by molar-refractivity contribution is 7.99. The Kier molecular flexibility index (Phi) is 6.79. The van der Waals surface area contributed by atoms with E-state index in [4.69, 9.17) is 4.74 Å². The molecule has 0 saturated heterocycles. The monoisotopic (exact) mass is 380 g/mol. The fourth-order valence-electron chi connectivity index (χ4n) is 1.92. The van der Waals surface area contributed by atoms with Crippen molar-refractivity contribution in [3.8, 4) is 0 Å². The number of thioether (sulfide) groups is 1. The van der Waals surface area contributed by atoms with E-state index in [2.05, 4.69) is 10.3 Å². The molecule has 0 saturated carbocycles. The number of Topliss-reactive ketones (excluding diaryl/α,β-unsaturated/α-hetero) is 1. The number of esters is 1. The highest BCUT2D eigenvalue weighted by Gasteiger charge is 2.18. The van der Waals surface area contributed by atoms with Crippen molar-refractivity contribution in [3.05, 3.63) is 53.7 Å². The van der Waals surface area contributed by atoms with E-state index in [-0.39, 0.29) is 28.1 Å². The van der Waals surface area contributed by atoms with Crippen molar-refractivity contribution < 1.29 is 27.9 Å². The molecule has 2 rings (SSSR count). The van der Waals surface area contributed by atoms with Gasteiger partial charge in [0.25, 0.3) is 11.7 Å². The average Bonchev–Trinajstić information content (AvgIpc) is 2.60. The molecule has 0 aliphatic carbocycles. The Morgan fingerprint density at radius 3 is 2.50 bits per heavy atom. The van der Waals surface area contributed by atoms with E-state index in [0.717, 1.165) is 0 Å². The lowest BCUT2D eigenvalue weighted by molar-refractivity contribution is -0.119. The zero-order valence-electron chi connectivity index (χ0n) is 13.6. The van der Waals surface area contributed by atoms with Gasteiger partial charge in [0.2, 0.25) is 0 Å². The van der Waals surface area contributed by atoms with Crippen molar-refractivity contribution in [3.63, 3.8) is 0 Å². The maximum atomic E-state index is 12.5. The molecular formula is C17H14F2N2O4S. The van der Waals surface area contributed by atoms with Gasteiger partial charge in [-0.2, -0.15) is 8.78 Å². The number of pyridine rings is 1. The largest absolute Gasteiger partial charge is 0.452 e. The van der Waals surface area contributed by atoms with Gasteiger partial charge in [-0.05, 0) is 55.1 Å². The summed E-state index contributed by atoms with van der Waals surface area (Å²) in [6, 6.07) is 8.87. The zero-order valence-corrected chi connectivity index (χ0v) is 14.4. The van der Waals surface area contributed by atoms with Gasteiger partial charge in [0, 0.05) is 17.4 Å². The predicted molar refractivity (Wildman–Crippen MR) is 91.5 cm³/mol. The first-order valence-electron chi connectivity index (χ1n) is 7.34. The lowest BCUT2D eigenvalue weighted by Crippen LogP contribution is -2.21. The minimum absolute atomic E-state index is 0.106. The molecule has 9 heteroatoms. The molecule has 26 heavy (non-hydrogen) atoms. The van der Waals surface area contributed by atoms with Gasteiger partial charge in [-0.3, -0.25) is 9.59 Å². The van der Waals surface area contributed by atoms with E-state index in [1.54, 1.807) is 12.1 Å². The summed E-state index contributed by atoms with van der Waals surface area (Å²) in [5.41, 5.74) is 0.776. The van der Waals surface area contributed by atoms with Crippen LogP contribution in [0, 0.1) is 0 Å². The third-order valence-electron chi connectivity index (χ3n) is 3.10. The molecule has 2 aromatic rings. The second-order valence-corrected chi connectivity index (χ2v) is 5.97. The average molecular weight is 380 g/mol. The van der Waals surface area contributed by atoms with Gasteiger partial charge in [0.15, 0.2) is 12.4 Å². The zero-order chi connectivity index (χ0) is 19.1. The number of halogens is 2. The number of benzene rings is 1. The maximum Gasteiger partial charge on any atom is 0.341 e. The van der Waals surface area contributed by atoms with Crippen LogP contribution in [0.25, 0.3) is 0 Å². The maximum absolute atomic E-state index is 12.5. The minimum Gasteiger partial charge on any atom is -0.452 e. The number of hydrogen-bond donors (Lipinski definition) is 1. The molecule has 1 aromatic heterocycles. The van der Waals surface area contributed by atoms with Crippen molar-refractivity contribution in [1.29, 1.82) is 0 Å². The van der Waals surface area contributed by atoms with Crippen LogP contribution in [0.4, 0.5) is 14.5 Å². The number of nitrogens with one attached hydrogen (secondary N) is 1. The number of hydrogen-bond acceptors (Lipinski definition) is 6. The van der Waals surface area contributed by atoms with E-state index in [1.807, 2.05) is 0 Å². The van der Waals surface area contributed by atoms with Crippen LogP contribution in [-0.4, -0.2) is 35.0 Å². The van der Waals surface area contributed by atoms with Crippen LogP contribution in [0.2, 0.25) is 0 Å².